The van der Waals surface area contributed by atoms with Gasteiger partial charge >= 0.3 is 6.18 Å². The van der Waals surface area contributed by atoms with Crippen LogP contribution in [0.2, 0.25) is 0 Å². The molecule has 1 atom stereocenters. The molecular formula is C15H25F3N2O. The van der Waals surface area contributed by atoms with Crippen LogP contribution in [0.1, 0.15) is 46.0 Å². The van der Waals surface area contributed by atoms with Gasteiger partial charge in [0.1, 0.15) is 0 Å². The minimum absolute atomic E-state index is 0.0645. The molecule has 0 radical (unpaired) electrons. The second-order valence-electron chi connectivity index (χ2n) is 7.32. The van der Waals surface area contributed by atoms with Gasteiger partial charge in [0.2, 0.25) is 5.91 Å². The Labute approximate surface area is 124 Å². The fourth-order valence-electron chi connectivity index (χ4n) is 3.51. The first kappa shape index (κ1) is 16.6. The van der Waals surface area contributed by atoms with Gasteiger partial charge in [0.15, 0.2) is 5.41 Å². The van der Waals surface area contributed by atoms with E-state index in [-0.39, 0.29) is 31.0 Å². The zero-order valence-corrected chi connectivity index (χ0v) is 13.0. The molecule has 1 amide bonds. The molecule has 0 aromatic carbocycles. The summed E-state index contributed by atoms with van der Waals surface area (Å²) in [6.45, 7) is 4.29. The van der Waals surface area contributed by atoms with Gasteiger partial charge in [-0.1, -0.05) is 13.8 Å². The normalized spacial score (nSPS) is 30.4. The first-order chi connectivity index (χ1) is 9.59. The maximum atomic E-state index is 13.4. The second kappa shape index (κ2) is 5.45. The standard InChI is InChI=1S/C15H25F3N2O/c1-13(2)6-4-11(5-7-13)20(3)12(21)14(15(16,17)18)8-9-19-10-14/h11,19H,4-10H2,1-3H3. The van der Waals surface area contributed by atoms with Crippen molar-refractivity contribution in [1.29, 1.82) is 0 Å². The van der Waals surface area contributed by atoms with Crippen molar-refractivity contribution in [2.45, 2.75) is 58.2 Å². The Morgan fingerprint density at radius 3 is 2.19 bits per heavy atom. The highest BCUT2D eigenvalue weighted by atomic mass is 19.4. The number of hydrogen-bond donors (Lipinski definition) is 1. The average Bonchev–Trinajstić information content (AvgIpc) is 2.87. The van der Waals surface area contributed by atoms with E-state index < -0.39 is 17.5 Å². The van der Waals surface area contributed by atoms with Crippen molar-refractivity contribution in [3.63, 3.8) is 0 Å². The zero-order chi connectivity index (χ0) is 15.9. The third-order valence-corrected chi connectivity index (χ3v) is 5.28. The summed E-state index contributed by atoms with van der Waals surface area (Å²) >= 11 is 0. The third kappa shape index (κ3) is 3.05. The average molecular weight is 306 g/mol. The predicted octanol–water partition coefficient (Wildman–Crippen LogP) is 2.96. The van der Waals surface area contributed by atoms with E-state index in [0.717, 1.165) is 25.7 Å². The Bertz CT molecular complexity index is 390. The number of nitrogens with one attached hydrogen (secondary N) is 1. The summed E-state index contributed by atoms with van der Waals surface area (Å²) in [6.07, 6.45) is -1.17. The number of amides is 1. The molecule has 0 aromatic rings. The number of carbonyl (C=O) groups excluding carboxylic acids is 1. The van der Waals surface area contributed by atoms with Crippen molar-refractivity contribution in [1.82, 2.24) is 10.2 Å². The lowest BCUT2D eigenvalue weighted by atomic mass is 9.74. The van der Waals surface area contributed by atoms with Gasteiger partial charge in [-0.05, 0) is 44.1 Å². The molecule has 1 aliphatic heterocycles. The molecule has 1 aliphatic carbocycles. The van der Waals surface area contributed by atoms with E-state index in [1.165, 1.54) is 11.9 Å². The van der Waals surface area contributed by atoms with Crippen LogP contribution in [0.3, 0.4) is 0 Å². The van der Waals surface area contributed by atoms with E-state index in [2.05, 4.69) is 19.2 Å². The molecule has 1 heterocycles. The van der Waals surface area contributed by atoms with E-state index >= 15 is 0 Å². The van der Waals surface area contributed by atoms with Crippen molar-refractivity contribution in [3.05, 3.63) is 0 Å². The summed E-state index contributed by atoms with van der Waals surface area (Å²) in [5, 5.41) is 2.70. The molecule has 1 saturated heterocycles. The Balaban J connectivity index is 2.11. The van der Waals surface area contributed by atoms with Gasteiger partial charge in [-0.2, -0.15) is 13.2 Å². The van der Waals surface area contributed by atoms with Crippen LogP contribution in [0.5, 0.6) is 0 Å². The van der Waals surface area contributed by atoms with Crippen LogP contribution in [-0.4, -0.2) is 43.2 Å². The zero-order valence-electron chi connectivity index (χ0n) is 13.0. The largest absolute Gasteiger partial charge is 0.404 e. The molecule has 2 aliphatic rings. The molecule has 21 heavy (non-hydrogen) atoms. The van der Waals surface area contributed by atoms with Gasteiger partial charge in [-0.3, -0.25) is 4.79 Å². The van der Waals surface area contributed by atoms with Gasteiger partial charge in [-0.15, -0.1) is 0 Å². The molecule has 1 N–H and O–H groups in total. The fraction of sp³-hybridized carbons (Fsp3) is 0.933. The maximum absolute atomic E-state index is 13.4. The van der Waals surface area contributed by atoms with E-state index in [4.69, 9.17) is 0 Å². The fourth-order valence-corrected chi connectivity index (χ4v) is 3.51. The van der Waals surface area contributed by atoms with Crippen LogP contribution >= 0.6 is 0 Å². The van der Waals surface area contributed by atoms with Crippen molar-refractivity contribution >= 4 is 5.91 Å². The molecule has 2 fully saturated rings. The quantitative estimate of drug-likeness (QED) is 0.851. The Hall–Kier alpha value is -0.780. The van der Waals surface area contributed by atoms with E-state index in [1.54, 1.807) is 0 Å². The van der Waals surface area contributed by atoms with Crippen molar-refractivity contribution < 1.29 is 18.0 Å². The van der Waals surface area contributed by atoms with Gasteiger partial charge in [0, 0.05) is 19.6 Å². The van der Waals surface area contributed by atoms with E-state index in [9.17, 15) is 18.0 Å². The van der Waals surface area contributed by atoms with Gasteiger partial charge < -0.3 is 10.2 Å². The molecule has 0 spiro atoms. The number of nitrogens with zero attached hydrogens (tertiary/aromatic N) is 1. The molecule has 2 rings (SSSR count). The summed E-state index contributed by atoms with van der Waals surface area (Å²) < 4.78 is 40.3. The summed E-state index contributed by atoms with van der Waals surface area (Å²) in [6, 6.07) is -0.0645. The van der Waals surface area contributed by atoms with Crippen LogP contribution in [0.25, 0.3) is 0 Å². The van der Waals surface area contributed by atoms with Crippen molar-refractivity contribution in [2.75, 3.05) is 20.1 Å². The highest BCUT2D eigenvalue weighted by molar-refractivity contribution is 5.84. The lowest BCUT2D eigenvalue weighted by Crippen LogP contribution is -2.55. The first-order valence-corrected chi connectivity index (χ1v) is 7.64. The lowest BCUT2D eigenvalue weighted by Gasteiger charge is -2.42. The predicted molar refractivity (Wildman–Crippen MR) is 74.8 cm³/mol. The summed E-state index contributed by atoms with van der Waals surface area (Å²) in [7, 11) is 1.54. The number of rotatable bonds is 2. The summed E-state index contributed by atoms with van der Waals surface area (Å²) in [5.41, 5.74) is -1.99. The Morgan fingerprint density at radius 2 is 1.76 bits per heavy atom. The lowest BCUT2D eigenvalue weighted by molar-refractivity contribution is -0.222. The number of halogens is 3. The van der Waals surface area contributed by atoms with E-state index in [0.29, 0.717) is 0 Å². The molecule has 6 heteroatoms. The Kier molecular flexibility index (Phi) is 4.30. The topological polar surface area (TPSA) is 32.3 Å². The number of hydrogen-bond acceptors (Lipinski definition) is 2. The van der Waals surface area contributed by atoms with Crippen LogP contribution in [0, 0.1) is 10.8 Å². The molecule has 1 unspecified atom stereocenters. The second-order valence-corrected chi connectivity index (χ2v) is 7.32. The smallest absolute Gasteiger partial charge is 0.342 e. The Morgan fingerprint density at radius 1 is 1.19 bits per heavy atom. The molecule has 122 valence electrons. The first-order valence-electron chi connectivity index (χ1n) is 7.64. The number of alkyl halides is 3. The monoisotopic (exact) mass is 306 g/mol. The van der Waals surface area contributed by atoms with Crippen LogP contribution in [-0.2, 0) is 4.79 Å². The van der Waals surface area contributed by atoms with Crippen LogP contribution < -0.4 is 5.32 Å². The van der Waals surface area contributed by atoms with Crippen molar-refractivity contribution in [2.24, 2.45) is 10.8 Å². The summed E-state index contributed by atoms with van der Waals surface area (Å²) in [5.74, 6) is -0.760. The van der Waals surface area contributed by atoms with Crippen molar-refractivity contribution in [3.8, 4) is 0 Å². The minimum atomic E-state index is -4.49. The molecule has 0 aromatic heterocycles. The SMILES string of the molecule is CN(C(=O)C1(C(F)(F)F)CCNC1)C1CCC(C)(C)CC1. The minimum Gasteiger partial charge on any atom is -0.342 e. The van der Waals surface area contributed by atoms with Crippen LogP contribution in [0.15, 0.2) is 0 Å². The van der Waals surface area contributed by atoms with Gasteiger partial charge in [-0.25, -0.2) is 0 Å². The molecular weight excluding hydrogens is 281 g/mol. The molecule has 3 nitrogen and oxygen atoms in total. The number of carbonyl (C=O) groups is 1. The maximum Gasteiger partial charge on any atom is 0.404 e. The third-order valence-electron chi connectivity index (χ3n) is 5.28. The highest BCUT2D eigenvalue weighted by Crippen LogP contribution is 2.45. The summed E-state index contributed by atoms with van der Waals surface area (Å²) in [4.78, 5) is 13.9. The van der Waals surface area contributed by atoms with Crippen LogP contribution in [0.4, 0.5) is 13.2 Å². The van der Waals surface area contributed by atoms with Gasteiger partial charge in [0.05, 0.1) is 0 Å². The highest BCUT2D eigenvalue weighted by Gasteiger charge is 2.62. The molecule has 0 bridgehead atoms. The van der Waals surface area contributed by atoms with Gasteiger partial charge in [0.25, 0.3) is 0 Å². The van der Waals surface area contributed by atoms with E-state index in [1.807, 2.05) is 0 Å². The molecule has 1 saturated carbocycles.